The summed E-state index contributed by atoms with van der Waals surface area (Å²) in [6.07, 6.45) is 5.65. The summed E-state index contributed by atoms with van der Waals surface area (Å²) in [5, 5.41) is 12.6. The van der Waals surface area contributed by atoms with Crippen LogP contribution in [0.1, 0.15) is 38.2 Å². The first-order chi connectivity index (χ1) is 13.3. The topological polar surface area (TPSA) is 114 Å². The molecule has 1 saturated carbocycles. The number of rotatable bonds is 7. The molecule has 3 N–H and O–H groups in total. The van der Waals surface area contributed by atoms with Crippen molar-refractivity contribution in [3.05, 3.63) is 28.3 Å². The van der Waals surface area contributed by atoms with Crippen LogP contribution < -0.4 is 20.5 Å². The van der Waals surface area contributed by atoms with Gasteiger partial charge in [-0.1, -0.05) is 31.4 Å². The number of carbonyl (C=O) groups is 2. The van der Waals surface area contributed by atoms with Crippen LogP contribution in [0.2, 0.25) is 5.02 Å². The maximum Gasteiger partial charge on any atom is 0.262 e. The second kappa shape index (κ2) is 10.00. The van der Waals surface area contributed by atoms with Crippen molar-refractivity contribution in [1.29, 1.82) is 5.26 Å². The highest BCUT2D eigenvalue weighted by atomic mass is 35.5. The van der Waals surface area contributed by atoms with E-state index in [9.17, 15) is 14.9 Å². The molecule has 1 fully saturated rings. The molecule has 0 heterocycles. The third-order valence-corrected chi connectivity index (χ3v) is 5.00. The molecule has 0 bridgehead atoms. The molecule has 1 aromatic rings. The summed E-state index contributed by atoms with van der Waals surface area (Å²) < 4.78 is 10.5. The van der Waals surface area contributed by atoms with Gasteiger partial charge in [-0.2, -0.15) is 5.26 Å². The predicted molar refractivity (Wildman–Crippen MR) is 106 cm³/mol. The number of ether oxygens (including phenoxy) is 2. The van der Waals surface area contributed by atoms with Crippen LogP contribution in [0.4, 0.5) is 0 Å². The normalized spacial score (nSPS) is 19.4. The summed E-state index contributed by atoms with van der Waals surface area (Å²) >= 11 is 6.21. The second-order valence-electron chi connectivity index (χ2n) is 6.80. The number of hydrogen-bond donors (Lipinski definition) is 2. The lowest BCUT2D eigenvalue weighted by atomic mass is 9.86. The van der Waals surface area contributed by atoms with Crippen LogP contribution >= 0.6 is 11.6 Å². The Bertz CT molecular complexity index is 816. The van der Waals surface area contributed by atoms with Gasteiger partial charge in [0.15, 0.2) is 18.1 Å². The average Bonchev–Trinajstić information content (AvgIpc) is 2.66. The number of hydrogen-bond acceptors (Lipinski definition) is 5. The Morgan fingerprint density at radius 1 is 1.39 bits per heavy atom. The van der Waals surface area contributed by atoms with Gasteiger partial charge >= 0.3 is 0 Å². The van der Waals surface area contributed by atoms with Gasteiger partial charge < -0.3 is 20.5 Å². The van der Waals surface area contributed by atoms with E-state index in [0.717, 1.165) is 25.7 Å². The average molecular weight is 406 g/mol. The van der Waals surface area contributed by atoms with E-state index < -0.39 is 11.8 Å². The highest BCUT2D eigenvalue weighted by molar-refractivity contribution is 6.32. The minimum absolute atomic E-state index is 0.0262. The van der Waals surface area contributed by atoms with E-state index in [-0.39, 0.29) is 34.7 Å². The number of primary amides is 1. The van der Waals surface area contributed by atoms with E-state index in [4.69, 9.17) is 26.8 Å². The molecule has 1 aliphatic carbocycles. The van der Waals surface area contributed by atoms with E-state index in [2.05, 4.69) is 12.2 Å². The number of benzene rings is 1. The Labute approximate surface area is 169 Å². The maximum atomic E-state index is 12.5. The van der Waals surface area contributed by atoms with Crippen LogP contribution in [0, 0.1) is 17.2 Å². The highest BCUT2D eigenvalue weighted by Gasteiger charge is 2.24. The lowest BCUT2D eigenvalue weighted by Gasteiger charge is -2.29. The molecule has 1 aromatic carbocycles. The molecule has 28 heavy (non-hydrogen) atoms. The number of nitrogens with zero attached hydrogens (tertiary/aromatic N) is 1. The fourth-order valence-corrected chi connectivity index (χ4v) is 3.47. The molecule has 0 spiro atoms. The van der Waals surface area contributed by atoms with Crippen LogP contribution in [0.25, 0.3) is 6.08 Å². The van der Waals surface area contributed by atoms with Crippen molar-refractivity contribution < 1.29 is 19.1 Å². The summed E-state index contributed by atoms with van der Waals surface area (Å²) in [6.45, 7) is 1.76. The van der Waals surface area contributed by atoms with E-state index in [1.165, 1.54) is 19.3 Å². The molecular weight excluding hydrogens is 382 g/mol. The Kier molecular flexibility index (Phi) is 7.70. The molecule has 0 aliphatic heterocycles. The predicted octanol–water partition coefficient (Wildman–Crippen LogP) is 2.81. The molecule has 0 unspecified atom stereocenters. The van der Waals surface area contributed by atoms with Crippen LogP contribution in [0.15, 0.2) is 17.7 Å². The molecular formula is C20H24ClN3O4. The van der Waals surface area contributed by atoms with Gasteiger partial charge in [0.2, 0.25) is 0 Å². The Morgan fingerprint density at radius 2 is 2.11 bits per heavy atom. The molecule has 150 valence electrons. The zero-order valence-electron chi connectivity index (χ0n) is 16.0. The molecule has 7 nitrogen and oxygen atoms in total. The Hall–Kier alpha value is -2.72. The molecule has 2 rings (SSSR count). The highest BCUT2D eigenvalue weighted by Crippen LogP contribution is 2.37. The summed E-state index contributed by atoms with van der Waals surface area (Å²) in [5.41, 5.74) is 5.55. The SMILES string of the molecule is COc1cc(/C=C(\C#N)C(=O)N[C@@H]2CCCC[C@@H]2C)cc(Cl)c1OCC(N)=O. The van der Waals surface area contributed by atoms with E-state index in [1.54, 1.807) is 6.07 Å². The zero-order valence-corrected chi connectivity index (χ0v) is 16.7. The van der Waals surface area contributed by atoms with Gasteiger partial charge in [-0.25, -0.2) is 0 Å². The summed E-state index contributed by atoms with van der Waals surface area (Å²) in [4.78, 5) is 23.5. The van der Waals surface area contributed by atoms with Crippen molar-refractivity contribution in [3.8, 4) is 17.6 Å². The van der Waals surface area contributed by atoms with Gasteiger partial charge in [-0.05, 0) is 42.5 Å². The van der Waals surface area contributed by atoms with Crippen molar-refractivity contribution in [2.24, 2.45) is 11.7 Å². The molecule has 0 saturated heterocycles. The van der Waals surface area contributed by atoms with Crippen LogP contribution in [-0.4, -0.2) is 31.6 Å². The minimum Gasteiger partial charge on any atom is -0.493 e. The van der Waals surface area contributed by atoms with Crippen molar-refractivity contribution in [1.82, 2.24) is 5.32 Å². The van der Waals surface area contributed by atoms with Gasteiger partial charge in [-0.15, -0.1) is 0 Å². The largest absolute Gasteiger partial charge is 0.493 e. The smallest absolute Gasteiger partial charge is 0.262 e. The summed E-state index contributed by atoms with van der Waals surface area (Å²) in [5.74, 6) is -0.251. The number of methoxy groups -OCH3 is 1. The molecule has 2 atom stereocenters. The Balaban J connectivity index is 2.23. The van der Waals surface area contributed by atoms with Crippen LogP contribution in [-0.2, 0) is 9.59 Å². The number of nitrogens with one attached hydrogen (secondary N) is 1. The van der Waals surface area contributed by atoms with Gasteiger partial charge in [0.05, 0.1) is 12.1 Å². The number of amides is 2. The first-order valence-corrected chi connectivity index (χ1v) is 9.44. The second-order valence-corrected chi connectivity index (χ2v) is 7.21. The monoisotopic (exact) mass is 405 g/mol. The number of halogens is 1. The molecule has 0 radical (unpaired) electrons. The maximum absolute atomic E-state index is 12.5. The van der Waals surface area contributed by atoms with Gasteiger partial charge in [0.25, 0.3) is 11.8 Å². The lowest BCUT2D eigenvalue weighted by molar-refractivity contribution is -0.120. The van der Waals surface area contributed by atoms with Gasteiger partial charge in [0.1, 0.15) is 11.6 Å². The standard InChI is InChI=1S/C20H24ClN3O4/c1-12-5-3-4-6-16(12)24-20(26)14(10-22)7-13-8-15(21)19(17(9-13)27-2)28-11-18(23)25/h7-9,12,16H,3-6,11H2,1-2H3,(H2,23,25)(H,24,26)/b14-7+/t12-,16+/m0/s1. The van der Waals surface area contributed by atoms with Crippen molar-refractivity contribution >= 4 is 29.5 Å². The van der Waals surface area contributed by atoms with E-state index in [1.807, 2.05) is 6.07 Å². The fourth-order valence-electron chi connectivity index (χ4n) is 3.20. The first-order valence-electron chi connectivity index (χ1n) is 9.07. The lowest BCUT2D eigenvalue weighted by Crippen LogP contribution is -2.41. The zero-order chi connectivity index (χ0) is 20.7. The van der Waals surface area contributed by atoms with Crippen molar-refractivity contribution in [3.63, 3.8) is 0 Å². The Morgan fingerprint density at radius 3 is 2.71 bits per heavy atom. The molecule has 1 aliphatic rings. The molecule has 8 heteroatoms. The number of nitrogens with two attached hydrogens (primary N) is 1. The quantitative estimate of drug-likeness (QED) is 0.534. The molecule has 2 amide bonds. The molecule has 0 aromatic heterocycles. The van der Waals surface area contributed by atoms with Crippen molar-refractivity contribution in [2.45, 2.75) is 38.6 Å². The summed E-state index contributed by atoms with van der Waals surface area (Å²) in [6, 6.07) is 5.10. The number of nitriles is 1. The minimum atomic E-state index is -0.650. The van der Waals surface area contributed by atoms with Crippen molar-refractivity contribution in [2.75, 3.05) is 13.7 Å². The third kappa shape index (κ3) is 5.64. The van der Waals surface area contributed by atoms with Gasteiger partial charge in [-0.3, -0.25) is 9.59 Å². The van der Waals surface area contributed by atoms with E-state index in [0.29, 0.717) is 11.5 Å². The third-order valence-electron chi connectivity index (χ3n) is 4.71. The fraction of sp³-hybridized carbons (Fsp3) is 0.450. The van der Waals surface area contributed by atoms with E-state index >= 15 is 0 Å². The van der Waals surface area contributed by atoms with Crippen LogP contribution in [0.5, 0.6) is 11.5 Å². The number of carbonyl (C=O) groups excluding carboxylic acids is 2. The van der Waals surface area contributed by atoms with Gasteiger partial charge in [0, 0.05) is 6.04 Å². The first kappa shape index (κ1) is 21.6. The van der Waals surface area contributed by atoms with Crippen LogP contribution in [0.3, 0.4) is 0 Å². The summed E-state index contributed by atoms with van der Waals surface area (Å²) in [7, 11) is 1.42.